The van der Waals surface area contributed by atoms with Crippen LogP contribution in [0.15, 0.2) is 12.2 Å². The van der Waals surface area contributed by atoms with Gasteiger partial charge in [-0.25, -0.2) is 9.69 Å². The summed E-state index contributed by atoms with van der Waals surface area (Å²) in [6.07, 6.45) is 8.05. The molecule has 1 rings (SSSR count). The van der Waals surface area contributed by atoms with Crippen molar-refractivity contribution >= 4 is 29.5 Å². The van der Waals surface area contributed by atoms with E-state index in [2.05, 4.69) is 0 Å². The lowest BCUT2D eigenvalue weighted by molar-refractivity contribution is -0.158. The Morgan fingerprint density at radius 3 is 2.03 bits per heavy atom. The van der Waals surface area contributed by atoms with Gasteiger partial charge < -0.3 is 14.6 Å². The lowest BCUT2D eigenvalue weighted by Crippen LogP contribution is -2.52. The fraction of sp³-hybridized carbons (Fsp3) is 0.750. The second-order valence-electron chi connectivity index (χ2n) is 10.7. The first-order valence-electron chi connectivity index (χ1n) is 13.4. The van der Waals surface area contributed by atoms with Crippen LogP contribution in [0.3, 0.4) is 0 Å². The maximum Gasteiger partial charge on any atom is 0.417 e. The van der Waals surface area contributed by atoms with E-state index in [0.29, 0.717) is 12.8 Å². The van der Waals surface area contributed by atoms with Crippen molar-refractivity contribution in [3.05, 3.63) is 12.2 Å². The van der Waals surface area contributed by atoms with Crippen molar-refractivity contribution in [2.45, 2.75) is 117 Å². The molecule has 9 heteroatoms. The molecule has 1 saturated heterocycles. The number of carbonyl (C=O) groups excluding carboxylic acids is 5. The number of nitrogens with zero attached hydrogens (tertiary/aromatic N) is 1. The largest absolute Gasteiger partial charge is 0.453 e. The first-order chi connectivity index (χ1) is 17.3. The Morgan fingerprint density at radius 1 is 0.973 bits per heavy atom. The minimum Gasteiger partial charge on any atom is -0.453 e. The highest BCUT2D eigenvalue weighted by molar-refractivity contribution is 6.04. The minimum absolute atomic E-state index is 0.107. The summed E-state index contributed by atoms with van der Waals surface area (Å²) in [6, 6.07) is -0.555. The van der Waals surface area contributed by atoms with E-state index in [0.717, 1.165) is 68.9 Å². The van der Waals surface area contributed by atoms with E-state index >= 15 is 0 Å². The van der Waals surface area contributed by atoms with Crippen LogP contribution in [0.5, 0.6) is 0 Å². The molecule has 0 saturated carbocycles. The fourth-order valence-electron chi connectivity index (χ4n) is 4.85. The quantitative estimate of drug-likeness (QED) is 0.167. The highest BCUT2D eigenvalue weighted by Gasteiger charge is 2.53. The number of aliphatic hydroxyl groups is 1. The van der Waals surface area contributed by atoms with Crippen molar-refractivity contribution in [1.29, 1.82) is 0 Å². The van der Waals surface area contributed by atoms with Crippen LogP contribution in [-0.2, 0) is 28.7 Å². The third-order valence-corrected chi connectivity index (χ3v) is 6.59. The van der Waals surface area contributed by atoms with Gasteiger partial charge in [0.1, 0.15) is 5.60 Å². The number of carbonyl (C=O) groups is 5. The summed E-state index contributed by atoms with van der Waals surface area (Å²) in [4.78, 5) is 63.7. The molecule has 3 atom stereocenters. The number of esters is 1. The molecule has 1 aliphatic heterocycles. The monoisotopic (exact) mass is 523 g/mol. The number of ether oxygens (including phenoxy) is 2. The molecule has 9 nitrogen and oxygen atoms in total. The Kier molecular flexibility index (Phi) is 13.7. The summed E-state index contributed by atoms with van der Waals surface area (Å²) in [6.45, 7) is 9.94. The molecule has 0 aromatic rings. The zero-order valence-electron chi connectivity index (χ0n) is 23.3. The van der Waals surface area contributed by atoms with Gasteiger partial charge in [0, 0.05) is 20.0 Å². The lowest BCUT2D eigenvalue weighted by atomic mass is 9.87. The van der Waals surface area contributed by atoms with Gasteiger partial charge in [0.2, 0.25) is 5.91 Å². The normalized spacial score (nSPS) is 18.6. The zero-order chi connectivity index (χ0) is 28.2. The molecule has 0 unspecified atom stereocenters. The van der Waals surface area contributed by atoms with E-state index in [1.54, 1.807) is 13.8 Å². The van der Waals surface area contributed by atoms with Crippen molar-refractivity contribution in [2.75, 3.05) is 6.61 Å². The number of hydrogen-bond donors (Lipinski definition) is 1. The van der Waals surface area contributed by atoms with Gasteiger partial charge in [0.25, 0.3) is 0 Å². The van der Waals surface area contributed by atoms with Gasteiger partial charge >= 0.3 is 12.1 Å². The molecule has 1 heterocycles. The number of imide groups is 1. The molecule has 0 aromatic carbocycles. The third kappa shape index (κ3) is 10.4. The Balaban J connectivity index is 2.72. The molecular weight excluding hydrogens is 478 g/mol. The van der Waals surface area contributed by atoms with E-state index in [1.807, 2.05) is 13.8 Å². The first-order valence-corrected chi connectivity index (χ1v) is 13.4. The van der Waals surface area contributed by atoms with Crippen LogP contribution < -0.4 is 0 Å². The minimum atomic E-state index is -1.47. The molecular formula is C28H45NO8. The van der Waals surface area contributed by atoms with Crippen molar-refractivity contribution in [3.8, 4) is 0 Å². The molecule has 1 fully saturated rings. The molecule has 1 N–H and O–H groups in total. The average molecular weight is 524 g/mol. The van der Waals surface area contributed by atoms with Crippen LogP contribution in [0.2, 0.25) is 0 Å². The van der Waals surface area contributed by atoms with Crippen molar-refractivity contribution in [1.82, 2.24) is 4.90 Å². The Hall–Kier alpha value is -2.55. The van der Waals surface area contributed by atoms with Crippen molar-refractivity contribution in [2.24, 2.45) is 11.8 Å². The van der Waals surface area contributed by atoms with Gasteiger partial charge in [0.05, 0.1) is 12.0 Å². The number of hydrogen-bond acceptors (Lipinski definition) is 8. The van der Waals surface area contributed by atoms with Crippen LogP contribution >= 0.6 is 0 Å². The van der Waals surface area contributed by atoms with Gasteiger partial charge in [-0.2, -0.15) is 0 Å². The van der Waals surface area contributed by atoms with Gasteiger partial charge in [-0.05, 0) is 51.7 Å². The third-order valence-electron chi connectivity index (χ3n) is 6.59. The Morgan fingerprint density at radius 2 is 1.51 bits per heavy atom. The number of unbranched alkanes of at least 4 members (excludes halogenated alkanes) is 7. The molecule has 210 valence electrons. The van der Waals surface area contributed by atoms with E-state index in [9.17, 15) is 24.0 Å². The van der Waals surface area contributed by atoms with Crippen LogP contribution in [0.4, 0.5) is 4.79 Å². The summed E-state index contributed by atoms with van der Waals surface area (Å²) in [5.41, 5.74) is -0.909. The van der Waals surface area contributed by atoms with Crippen LogP contribution in [-0.4, -0.2) is 63.9 Å². The van der Waals surface area contributed by atoms with Crippen molar-refractivity contribution in [3.63, 3.8) is 0 Å². The molecule has 2 amide bonds. The standard InChI is InChI=1S/C28H45NO8/c1-19(2)25-28(5,6)37-27(35)29(25)26(34)20(3)24(36-21(4)31)23(33)17-16-22(32)15-13-11-9-7-8-10-12-14-18-30/h16-17,19-20,24-25,30H,7-15,18H2,1-6H3/t20-,24-,25-/m0/s1. The molecule has 1 aliphatic rings. The second kappa shape index (κ2) is 15.6. The maximum absolute atomic E-state index is 13.3. The molecule has 37 heavy (non-hydrogen) atoms. The average Bonchev–Trinajstić information content (AvgIpc) is 3.06. The predicted molar refractivity (Wildman–Crippen MR) is 139 cm³/mol. The SMILES string of the molecule is CC(=O)O[C@H](C(=O)C=CC(=O)CCCCCCCCCCO)[C@H](C)C(=O)N1C(=O)OC(C)(C)[C@@H]1C(C)C. The molecule has 0 aromatic heterocycles. The summed E-state index contributed by atoms with van der Waals surface area (Å²) in [5.74, 6) is -3.61. The second-order valence-corrected chi connectivity index (χ2v) is 10.7. The Bertz CT molecular complexity index is 832. The van der Waals surface area contributed by atoms with Gasteiger partial charge in [-0.3, -0.25) is 19.2 Å². The maximum atomic E-state index is 13.3. The highest BCUT2D eigenvalue weighted by atomic mass is 16.6. The molecule has 0 bridgehead atoms. The van der Waals surface area contributed by atoms with E-state index in [1.165, 1.54) is 6.92 Å². The number of allylic oxidation sites excluding steroid dienone is 1. The number of rotatable bonds is 17. The first kappa shape index (κ1) is 32.5. The van der Waals surface area contributed by atoms with Crippen molar-refractivity contribution < 1.29 is 38.6 Å². The number of ketones is 2. The van der Waals surface area contributed by atoms with E-state index in [-0.39, 0.29) is 18.3 Å². The summed E-state index contributed by atoms with van der Waals surface area (Å²) in [5, 5.41) is 8.77. The molecule has 0 aliphatic carbocycles. The fourth-order valence-corrected chi connectivity index (χ4v) is 4.85. The summed E-state index contributed by atoms with van der Waals surface area (Å²) in [7, 11) is 0. The van der Waals surface area contributed by atoms with E-state index in [4.69, 9.17) is 14.6 Å². The highest BCUT2D eigenvalue weighted by Crippen LogP contribution is 2.35. The van der Waals surface area contributed by atoms with Crippen LogP contribution in [0, 0.1) is 11.8 Å². The number of amides is 2. The van der Waals surface area contributed by atoms with Crippen LogP contribution in [0.1, 0.15) is 99.3 Å². The van der Waals surface area contributed by atoms with E-state index < -0.39 is 47.4 Å². The molecule has 0 radical (unpaired) electrons. The number of aliphatic hydroxyl groups excluding tert-OH is 1. The van der Waals surface area contributed by atoms with Crippen LogP contribution in [0.25, 0.3) is 0 Å². The summed E-state index contributed by atoms with van der Waals surface area (Å²) < 4.78 is 10.6. The predicted octanol–water partition coefficient (Wildman–Crippen LogP) is 4.53. The van der Waals surface area contributed by atoms with Gasteiger partial charge in [-0.1, -0.05) is 52.4 Å². The zero-order valence-corrected chi connectivity index (χ0v) is 23.3. The smallest absolute Gasteiger partial charge is 0.417 e. The lowest BCUT2D eigenvalue weighted by Gasteiger charge is -2.33. The Labute approximate surface area is 220 Å². The number of cyclic esters (lactones) is 1. The van der Waals surface area contributed by atoms with Gasteiger partial charge in [-0.15, -0.1) is 0 Å². The van der Waals surface area contributed by atoms with Gasteiger partial charge in [0.15, 0.2) is 17.7 Å². The molecule has 0 spiro atoms. The topological polar surface area (TPSA) is 127 Å². The summed E-state index contributed by atoms with van der Waals surface area (Å²) >= 11 is 0.